The van der Waals surface area contributed by atoms with E-state index in [-0.39, 0.29) is 5.76 Å². The van der Waals surface area contributed by atoms with Crippen molar-refractivity contribution in [2.24, 2.45) is 0 Å². The molecule has 0 aliphatic carbocycles. The molecule has 0 unspecified atom stereocenters. The quantitative estimate of drug-likeness (QED) is 0.850. The summed E-state index contributed by atoms with van der Waals surface area (Å²) in [4.78, 5) is 10.6. The second kappa shape index (κ2) is 5.37. The van der Waals surface area contributed by atoms with Gasteiger partial charge in [0.1, 0.15) is 0 Å². The number of hydrogen-bond acceptors (Lipinski definition) is 4. The van der Waals surface area contributed by atoms with E-state index in [9.17, 15) is 4.79 Å². The number of rotatable bonds is 5. The molecule has 0 amide bonds. The number of furan rings is 1. The fourth-order valence-corrected chi connectivity index (χ4v) is 1.51. The third kappa shape index (κ3) is 2.89. The fraction of sp³-hybridized carbons (Fsp3) is 0.154. The molecule has 1 aromatic carbocycles. The van der Waals surface area contributed by atoms with Crippen molar-refractivity contribution in [2.75, 3.05) is 12.4 Å². The SMILES string of the molecule is COCc1ccc(Nc2ccc(C(=O)O)o2)cc1. The summed E-state index contributed by atoms with van der Waals surface area (Å²) in [5.74, 6) is -0.779. The van der Waals surface area contributed by atoms with E-state index in [0.29, 0.717) is 12.5 Å². The summed E-state index contributed by atoms with van der Waals surface area (Å²) in [7, 11) is 1.64. The molecule has 2 rings (SSSR count). The van der Waals surface area contributed by atoms with Crippen molar-refractivity contribution in [3.05, 3.63) is 47.7 Å². The van der Waals surface area contributed by atoms with Gasteiger partial charge in [0.2, 0.25) is 5.76 Å². The Kier molecular flexibility index (Phi) is 3.64. The van der Waals surface area contributed by atoms with Gasteiger partial charge in [0.25, 0.3) is 0 Å². The van der Waals surface area contributed by atoms with Gasteiger partial charge in [-0.15, -0.1) is 0 Å². The van der Waals surface area contributed by atoms with E-state index in [1.165, 1.54) is 6.07 Å². The Labute approximate surface area is 104 Å². The zero-order valence-electron chi connectivity index (χ0n) is 9.84. The Morgan fingerprint density at radius 1 is 1.28 bits per heavy atom. The molecule has 1 heterocycles. The maximum atomic E-state index is 10.6. The molecule has 0 fully saturated rings. The smallest absolute Gasteiger partial charge is 0.371 e. The van der Waals surface area contributed by atoms with Crippen molar-refractivity contribution in [1.29, 1.82) is 0 Å². The van der Waals surface area contributed by atoms with Gasteiger partial charge in [0, 0.05) is 18.9 Å². The minimum Gasteiger partial charge on any atom is -0.475 e. The Morgan fingerprint density at radius 2 is 2.00 bits per heavy atom. The number of carbonyl (C=O) groups is 1. The van der Waals surface area contributed by atoms with Gasteiger partial charge in [-0.2, -0.15) is 0 Å². The van der Waals surface area contributed by atoms with Crippen LogP contribution in [-0.2, 0) is 11.3 Å². The number of carboxylic acids is 1. The Hall–Kier alpha value is -2.27. The standard InChI is InChI=1S/C13H13NO4/c1-17-8-9-2-4-10(5-3-9)14-12-7-6-11(18-12)13(15)16/h2-7,14H,8H2,1H3,(H,15,16). The molecule has 0 spiro atoms. The van der Waals surface area contributed by atoms with Crippen LogP contribution in [0.5, 0.6) is 0 Å². The number of hydrogen-bond donors (Lipinski definition) is 2. The average Bonchev–Trinajstić information content (AvgIpc) is 2.81. The molecule has 0 saturated heterocycles. The summed E-state index contributed by atoms with van der Waals surface area (Å²) < 4.78 is 10.1. The zero-order chi connectivity index (χ0) is 13.0. The lowest BCUT2D eigenvalue weighted by molar-refractivity contribution is 0.0663. The van der Waals surface area contributed by atoms with Gasteiger partial charge in [-0.25, -0.2) is 4.79 Å². The molecule has 0 saturated carbocycles. The Balaban J connectivity index is 2.06. The number of methoxy groups -OCH3 is 1. The maximum Gasteiger partial charge on any atom is 0.371 e. The third-order valence-corrected chi connectivity index (χ3v) is 2.35. The van der Waals surface area contributed by atoms with E-state index < -0.39 is 5.97 Å². The number of benzene rings is 1. The first-order valence-corrected chi connectivity index (χ1v) is 5.37. The van der Waals surface area contributed by atoms with Crippen molar-refractivity contribution in [1.82, 2.24) is 0 Å². The van der Waals surface area contributed by atoms with E-state index in [1.54, 1.807) is 13.2 Å². The van der Waals surface area contributed by atoms with Crippen LogP contribution in [0.1, 0.15) is 16.1 Å². The minimum atomic E-state index is -1.08. The number of anilines is 2. The van der Waals surface area contributed by atoms with Crippen molar-refractivity contribution in [2.45, 2.75) is 6.61 Å². The molecule has 0 bridgehead atoms. The van der Waals surface area contributed by atoms with E-state index in [0.717, 1.165) is 11.3 Å². The number of aromatic carboxylic acids is 1. The monoisotopic (exact) mass is 247 g/mol. The van der Waals surface area contributed by atoms with Gasteiger partial charge in [-0.05, 0) is 23.8 Å². The zero-order valence-corrected chi connectivity index (χ0v) is 9.84. The van der Waals surface area contributed by atoms with Crippen LogP contribution >= 0.6 is 0 Å². The van der Waals surface area contributed by atoms with Crippen molar-refractivity contribution >= 4 is 17.5 Å². The summed E-state index contributed by atoms with van der Waals surface area (Å²) in [6.07, 6.45) is 0. The molecule has 1 aromatic heterocycles. The van der Waals surface area contributed by atoms with Gasteiger partial charge in [-0.1, -0.05) is 12.1 Å². The van der Waals surface area contributed by atoms with Crippen LogP contribution in [0.3, 0.4) is 0 Å². The highest BCUT2D eigenvalue weighted by Crippen LogP contribution is 2.20. The van der Waals surface area contributed by atoms with Gasteiger partial charge in [0.05, 0.1) is 6.61 Å². The van der Waals surface area contributed by atoms with Crippen LogP contribution in [-0.4, -0.2) is 18.2 Å². The fourth-order valence-electron chi connectivity index (χ4n) is 1.51. The molecule has 18 heavy (non-hydrogen) atoms. The van der Waals surface area contributed by atoms with Crippen LogP contribution in [0.4, 0.5) is 11.6 Å². The van der Waals surface area contributed by atoms with Crippen molar-refractivity contribution in [3.8, 4) is 0 Å². The van der Waals surface area contributed by atoms with Gasteiger partial charge in [0.15, 0.2) is 5.88 Å². The predicted octanol–water partition coefficient (Wildman–Crippen LogP) is 2.87. The molecule has 0 atom stereocenters. The summed E-state index contributed by atoms with van der Waals surface area (Å²) in [5.41, 5.74) is 1.88. The minimum absolute atomic E-state index is 0.0893. The lowest BCUT2D eigenvalue weighted by atomic mass is 10.2. The molecular formula is C13H13NO4. The highest BCUT2D eigenvalue weighted by atomic mass is 16.5. The van der Waals surface area contributed by atoms with E-state index in [4.69, 9.17) is 14.3 Å². The molecule has 0 aliphatic rings. The molecular weight excluding hydrogens is 234 g/mol. The molecule has 0 aliphatic heterocycles. The Bertz CT molecular complexity index is 530. The van der Waals surface area contributed by atoms with Crippen LogP contribution in [0, 0.1) is 0 Å². The van der Waals surface area contributed by atoms with Gasteiger partial charge >= 0.3 is 5.97 Å². The number of carboxylic acid groups (broad SMARTS) is 1. The molecule has 2 aromatic rings. The molecule has 5 heteroatoms. The lowest BCUT2D eigenvalue weighted by Crippen LogP contribution is -1.93. The second-order valence-corrected chi connectivity index (χ2v) is 3.72. The first-order chi connectivity index (χ1) is 8.69. The topological polar surface area (TPSA) is 71.7 Å². The number of ether oxygens (including phenoxy) is 1. The number of nitrogens with one attached hydrogen (secondary N) is 1. The first kappa shape index (κ1) is 12.2. The molecule has 2 N–H and O–H groups in total. The predicted molar refractivity (Wildman–Crippen MR) is 66.1 cm³/mol. The molecule has 0 radical (unpaired) electrons. The largest absolute Gasteiger partial charge is 0.475 e. The van der Waals surface area contributed by atoms with Crippen LogP contribution < -0.4 is 5.32 Å². The highest BCUT2D eigenvalue weighted by molar-refractivity contribution is 5.85. The summed E-state index contributed by atoms with van der Waals surface area (Å²) in [6, 6.07) is 10.6. The Morgan fingerprint density at radius 3 is 2.56 bits per heavy atom. The summed E-state index contributed by atoms with van der Waals surface area (Å²) in [6.45, 7) is 0.560. The molecule has 5 nitrogen and oxygen atoms in total. The second-order valence-electron chi connectivity index (χ2n) is 3.72. The normalized spacial score (nSPS) is 10.3. The van der Waals surface area contributed by atoms with Crippen molar-refractivity contribution < 1.29 is 19.1 Å². The average molecular weight is 247 g/mol. The highest BCUT2D eigenvalue weighted by Gasteiger charge is 2.08. The van der Waals surface area contributed by atoms with Gasteiger partial charge < -0.3 is 19.6 Å². The first-order valence-electron chi connectivity index (χ1n) is 5.37. The lowest BCUT2D eigenvalue weighted by Gasteiger charge is -2.04. The third-order valence-electron chi connectivity index (χ3n) is 2.35. The maximum absolute atomic E-state index is 10.6. The van der Waals surface area contributed by atoms with E-state index >= 15 is 0 Å². The molecule has 94 valence electrons. The van der Waals surface area contributed by atoms with Crippen LogP contribution in [0.2, 0.25) is 0 Å². The van der Waals surface area contributed by atoms with Crippen LogP contribution in [0.15, 0.2) is 40.8 Å². The van der Waals surface area contributed by atoms with Crippen molar-refractivity contribution in [3.63, 3.8) is 0 Å². The summed E-state index contributed by atoms with van der Waals surface area (Å²) >= 11 is 0. The van der Waals surface area contributed by atoms with E-state index in [2.05, 4.69) is 5.32 Å². The van der Waals surface area contributed by atoms with Crippen LogP contribution in [0.25, 0.3) is 0 Å². The van der Waals surface area contributed by atoms with Gasteiger partial charge in [-0.3, -0.25) is 0 Å². The van der Waals surface area contributed by atoms with E-state index in [1.807, 2.05) is 24.3 Å². The summed E-state index contributed by atoms with van der Waals surface area (Å²) in [5, 5.41) is 11.7.